The van der Waals surface area contributed by atoms with Crippen molar-refractivity contribution in [3.63, 3.8) is 0 Å². The van der Waals surface area contributed by atoms with Gasteiger partial charge in [-0.1, -0.05) is 74.4 Å². The number of hydrogen-bond donors (Lipinski definition) is 3. The Morgan fingerprint density at radius 2 is 2.00 bits per heavy atom. The highest BCUT2D eigenvalue weighted by Gasteiger charge is 2.55. The van der Waals surface area contributed by atoms with Gasteiger partial charge in [0.2, 0.25) is 11.8 Å². The number of aliphatic carboxylic acids is 1. The summed E-state index contributed by atoms with van der Waals surface area (Å²) in [5.41, 5.74) is 1.79. The number of fused-ring (bicyclic) bond motifs is 3. The maximum atomic E-state index is 14.3. The van der Waals surface area contributed by atoms with Crippen molar-refractivity contribution in [1.82, 2.24) is 20.5 Å². The average molecular weight is 681 g/mol. The number of alkyl carbamates (subject to hydrolysis) is 1. The van der Waals surface area contributed by atoms with Gasteiger partial charge in [-0.15, -0.1) is 6.58 Å². The normalized spacial score (nSPS) is 26.1. The molecule has 1 saturated heterocycles. The second-order valence-electron chi connectivity index (χ2n) is 13.3. The van der Waals surface area contributed by atoms with Gasteiger partial charge in [-0.25, -0.2) is 14.6 Å². The summed E-state index contributed by atoms with van der Waals surface area (Å²) < 4.78 is 12.1. The van der Waals surface area contributed by atoms with Crippen molar-refractivity contribution in [2.45, 2.75) is 82.0 Å². The maximum Gasteiger partial charge on any atom is 0.407 e. The molecule has 3 aliphatic rings. The summed E-state index contributed by atoms with van der Waals surface area (Å²) in [6.07, 6.45) is 8.24. The number of carbonyl (C=O) groups is 4. The van der Waals surface area contributed by atoms with Crippen molar-refractivity contribution in [2.24, 2.45) is 5.92 Å². The van der Waals surface area contributed by atoms with Crippen LogP contribution in [0, 0.1) is 5.92 Å². The Hall–Kier alpha value is -5.19. The largest absolute Gasteiger partial charge is 0.488 e. The molecule has 50 heavy (non-hydrogen) atoms. The van der Waals surface area contributed by atoms with E-state index in [1.54, 1.807) is 6.08 Å². The summed E-state index contributed by atoms with van der Waals surface area (Å²) in [6, 6.07) is 15.6. The molecule has 0 spiro atoms. The Balaban J connectivity index is 1.40. The number of carboxylic acid groups (broad SMARTS) is 1. The Morgan fingerprint density at radius 1 is 1.18 bits per heavy atom. The van der Waals surface area contributed by atoms with Crippen LogP contribution >= 0.6 is 0 Å². The lowest BCUT2D eigenvalue weighted by atomic mass is 9.66. The molecule has 1 aliphatic carbocycles. The number of nitrogens with zero attached hydrogens (tertiary/aromatic N) is 2. The van der Waals surface area contributed by atoms with Crippen LogP contribution in [0.5, 0.6) is 5.75 Å². The second-order valence-corrected chi connectivity index (χ2v) is 13.3. The first-order valence-electron chi connectivity index (χ1n) is 17.5. The molecule has 3 aromatic rings. The van der Waals surface area contributed by atoms with Gasteiger partial charge in [-0.05, 0) is 49.8 Å². The molecule has 2 fully saturated rings. The van der Waals surface area contributed by atoms with E-state index in [4.69, 9.17) is 14.5 Å². The third kappa shape index (κ3) is 7.22. The number of hydrogen-bond acceptors (Lipinski definition) is 7. The highest BCUT2D eigenvalue weighted by molar-refractivity contribution is 5.95. The highest BCUT2D eigenvalue weighted by atomic mass is 16.5. The van der Waals surface area contributed by atoms with E-state index in [0.717, 1.165) is 28.5 Å². The van der Waals surface area contributed by atoms with Crippen molar-refractivity contribution in [2.75, 3.05) is 13.2 Å². The number of aromatic nitrogens is 1. The van der Waals surface area contributed by atoms with Gasteiger partial charge < -0.3 is 30.1 Å². The molecule has 11 nitrogen and oxygen atoms in total. The molecule has 0 unspecified atom stereocenters. The topological polar surface area (TPSA) is 147 Å². The van der Waals surface area contributed by atoms with Gasteiger partial charge in [0.05, 0.1) is 24.4 Å². The quantitative estimate of drug-likeness (QED) is 0.250. The van der Waals surface area contributed by atoms with Gasteiger partial charge in [-0.2, -0.15) is 0 Å². The van der Waals surface area contributed by atoms with Gasteiger partial charge in [0.1, 0.15) is 29.5 Å². The number of benzene rings is 2. The molecular formula is C39H44N4O7. The summed E-state index contributed by atoms with van der Waals surface area (Å²) in [5.74, 6) is -2.06. The fourth-order valence-electron chi connectivity index (χ4n) is 7.06. The Labute approximate surface area is 291 Å². The van der Waals surface area contributed by atoms with Crippen LogP contribution < -0.4 is 15.4 Å². The van der Waals surface area contributed by atoms with Crippen LogP contribution in [0.3, 0.4) is 0 Å². The molecule has 3 amide bonds. The number of carbonyl (C=O) groups excluding carboxylic acids is 3. The SMILES string of the molecule is C=C[C@@H]1CC[C@]1(NC(=O)[C@@H]1C[C@@H]2CN1C(=O)[C@H](CCCC)NC(=O)OCCC/C=C/c1ccc3nc(-c4ccccc4)cc(c3c1)O2)C(=O)O. The summed E-state index contributed by atoms with van der Waals surface area (Å²) in [6.45, 7) is 5.98. The van der Waals surface area contributed by atoms with E-state index < -0.39 is 53.5 Å². The first-order valence-corrected chi connectivity index (χ1v) is 17.5. The fraction of sp³-hybridized carbons (Fsp3) is 0.410. The lowest BCUT2D eigenvalue weighted by Crippen LogP contribution is -2.67. The molecular weight excluding hydrogens is 636 g/mol. The van der Waals surface area contributed by atoms with Crippen LogP contribution in [0.2, 0.25) is 0 Å². The van der Waals surface area contributed by atoms with Gasteiger partial charge >= 0.3 is 12.1 Å². The lowest BCUT2D eigenvalue weighted by Gasteiger charge is -2.45. The summed E-state index contributed by atoms with van der Waals surface area (Å²) in [7, 11) is 0. The molecule has 3 N–H and O–H groups in total. The minimum absolute atomic E-state index is 0.0469. The molecule has 5 atom stereocenters. The zero-order valence-electron chi connectivity index (χ0n) is 28.3. The van der Waals surface area contributed by atoms with Gasteiger partial charge in [0.25, 0.3) is 0 Å². The predicted octanol–water partition coefficient (Wildman–Crippen LogP) is 5.88. The number of allylic oxidation sites excluding steroid dienone is 1. The summed E-state index contributed by atoms with van der Waals surface area (Å²) >= 11 is 0. The van der Waals surface area contributed by atoms with Gasteiger partial charge in [0, 0.05) is 29.4 Å². The maximum absolute atomic E-state index is 14.3. The standard InChI is InChI=1S/C39H44N4O7/c1-3-5-15-31-36(45)43-24-28(22-33(43)35(44)42-39(37(46)47)19-18-27(39)4-2)50-34-23-32(26-13-9-6-10-14-26)40-30-17-16-25(21-29(30)34)12-8-7-11-20-49-38(48)41-31/h4,6,8-10,12-14,16-17,21,23,27-28,31,33H,2-3,5,7,11,15,18-20,22,24H2,1H3,(H,41,48)(H,42,44)(H,46,47)/b12-8+/t27-,28-,31+,33+,39-/m1/s1. The monoisotopic (exact) mass is 680 g/mol. The third-order valence-electron chi connectivity index (χ3n) is 10.00. The molecule has 2 aliphatic heterocycles. The smallest absolute Gasteiger partial charge is 0.407 e. The Kier molecular flexibility index (Phi) is 10.5. The molecule has 2 aromatic carbocycles. The second kappa shape index (κ2) is 15.1. The van der Waals surface area contributed by atoms with E-state index in [-0.39, 0.29) is 26.0 Å². The first kappa shape index (κ1) is 34.7. The summed E-state index contributed by atoms with van der Waals surface area (Å²) in [5, 5.41) is 16.5. The van der Waals surface area contributed by atoms with E-state index in [2.05, 4.69) is 17.2 Å². The molecule has 6 rings (SSSR count). The van der Waals surface area contributed by atoms with Crippen LogP contribution in [0.1, 0.15) is 63.9 Å². The van der Waals surface area contributed by atoms with Gasteiger partial charge in [-0.3, -0.25) is 9.59 Å². The number of unbranched alkanes of at least 4 members (excludes halogenated alkanes) is 1. The lowest BCUT2D eigenvalue weighted by molar-refractivity contribution is -0.156. The minimum atomic E-state index is -1.50. The molecule has 1 aromatic heterocycles. The zero-order valence-corrected chi connectivity index (χ0v) is 28.3. The van der Waals surface area contributed by atoms with Crippen LogP contribution in [-0.4, -0.2) is 75.7 Å². The van der Waals surface area contributed by atoms with Crippen molar-refractivity contribution in [3.05, 3.63) is 78.9 Å². The van der Waals surface area contributed by atoms with Crippen LogP contribution in [-0.2, 0) is 19.1 Å². The average Bonchev–Trinajstić information content (AvgIpc) is 3.53. The number of cyclic esters (lactones) is 1. The number of carboxylic acids is 1. The van der Waals surface area contributed by atoms with Crippen molar-refractivity contribution >= 4 is 40.9 Å². The van der Waals surface area contributed by atoms with E-state index >= 15 is 0 Å². The molecule has 11 heteroatoms. The predicted molar refractivity (Wildman–Crippen MR) is 189 cm³/mol. The number of amides is 3. The minimum Gasteiger partial charge on any atom is -0.488 e. The molecule has 0 radical (unpaired) electrons. The van der Waals surface area contributed by atoms with E-state index in [1.807, 2.05) is 73.7 Å². The number of pyridine rings is 1. The van der Waals surface area contributed by atoms with E-state index in [9.17, 15) is 24.3 Å². The Morgan fingerprint density at radius 3 is 2.72 bits per heavy atom. The highest BCUT2D eigenvalue weighted by Crippen LogP contribution is 2.40. The number of ether oxygens (including phenoxy) is 2. The van der Waals surface area contributed by atoms with E-state index in [0.29, 0.717) is 43.5 Å². The molecule has 4 bridgehead atoms. The fourth-order valence-corrected chi connectivity index (χ4v) is 7.06. The molecule has 262 valence electrons. The van der Waals surface area contributed by atoms with Crippen LogP contribution in [0.15, 0.2) is 73.3 Å². The zero-order chi connectivity index (χ0) is 35.3. The third-order valence-corrected chi connectivity index (χ3v) is 10.00. The van der Waals surface area contributed by atoms with E-state index in [1.165, 1.54) is 4.90 Å². The van der Waals surface area contributed by atoms with Crippen molar-refractivity contribution in [3.8, 4) is 17.0 Å². The van der Waals surface area contributed by atoms with Crippen molar-refractivity contribution in [1.29, 1.82) is 0 Å². The number of rotatable bonds is 8. The van der Waals surface area contributed by atoms with Gasteiger partial charge in [0.15, 0.2) is 0 Å². The summed E-state index contributed by atoms with van der Waals surface area (Å²) in [4.78, 5) is 60.1. The first-order chi connectivity index (χ1) is 24.2. The van der Waals surface area contributed by atoms with Crippen LogP contribution in [0.4, 0.5) is 4.79 Å². The molecule has 3 heterocycles. The van der Waals surface area contributed by atoms with Crippen molar-refractivity contribution < 1.29 is 33.8 Å². The Bertz CT molecular complexity index is 1790. The van der Waals surface area contributed by atoms with Crippen LogP contribution in [0.25, 0.3) is 28.2 Å². The number of nitrogens with one attached hydrogen (secondary N) is 2. The molecule has 1 saturated carbocycles.